The molecule has 2 aliphatic rings. The number of primary amides is 1. The zero-order valence-electron chi connectivity index (χ0n) is 21.5. The predicted octanol–water partition coefficient (Wildman–Crippen LogP) is 5.14. The number of rotatable bonds is 5. The maximum Gasteiger partial charge on any atom is 0.250 e. The van der Waals surface area contributed by atoms with Crippen molar-refractivity contribution in [3.05, 3.63) is 70.4 Å². The maximum atomic E-state index is 11.6. The van der Waals surface area contributed by atoms with Crippen molar-refractivity contribution < 1.29 is 9.90 Å². The second-order valence-electron chi connectivity index (χ2n) is 10.9. The molecule has 4 N–H and O–H groups in total. The highest BCUT2D eigenvalue weighted by Gasteiger charge is 2.39. The fourth-order valence-corrected chi connectivity index (χ4v) is 6.66. The minimum Gasteiger partial charge on any atom is -0.395 e. The van der Waals surface area contributed by atoms with Crippen LogP contribution in [-0.4, -0.2) is 55.8 Å². The zero-order valence-corrected chi connectivity index (χ0v) is 22.3. The molecule has 1 saturated heterocycles. The van der Waals surface area contributed by atoms with Gasteiger partial charge < -0.3 is 10.8 Å². The molecule has 6 rings (SSSR count). The Morgan fingerprint density at radius 1 is 1.13 bits per heavy atom. The first-order valence-corrected chi connectivity index (χ1v) is 13.7. The summed E-state index contributed by atoms with van der Waals surface area (Å²) < 4.78 is 0. The molecule has 2 unspecified atom stereocenters. The second-order valence-corrected chi connectivity index (χ2v) is 11.3. The molecular formula is C30H32ClN5O2. The van der Waals surface area contributed by atoms with E-state index in [0.717, 1.165) is 66.4 Å². The van der Waals surface area contributed by atoms with E-state index >= 15 is 0 Å². The maximum absolute atomic E-state index is 11.6. The lowest BCUT2D eigenvalue weighted by molar-refractivity contribution is 0.0468. The van der Waals surface area contributed by atoms with Gasteiger partial charge in [0.25, 0.3) is 0 Å². The number of carbonyl (C=O) groups excluding carboxylic acids is 1. The summed E-state index contributed by atoms with van der Waals surface area (Å²) in [5.41, 5.74) is 13.0. The number of aromatic amines is 1. The SMILES string of the molecule is CC1(N2CCCC2CO)CCc2ccc(-c3cnc4n[nH]c(-c5ccc(C(N)=O)c(Cl)c5)c4c3)cc2CC1. The van der Waals surface area contributed by atoms with Crippen molar-refractivity contribution in [2.45, 2.75) is 57.0 Å². The number of aromatic nitrogens is 3. The number of fused-ring (bicyclic) bond motifs is 2. The summed E-state index contributed by atoms with van der Waals surface area (Å²) in [6, 6.07) is 14.3. The van der Waals surface area contributed by atoms with Crippen molar-refractivity contribution in [3.63, 3.8) is 0 Å². The number of hydrogen-bond acceptors (Lipinski definition) is 5. The normalized spacial score (nSPS) is 21.9. The van der Waals surface area contributed by atoms with Crippen molar-refractivity contribution in [1.29, 1.82) is 0 Å². The van der Waals surface area contributed by atoms with E-state index in [0.29, 0.717) is 16.7 Å². The van der Waals surface area contributed by atoms with Gasteiger partial charge in [0.2, 0.25) is 5.91 Å². The van der Waals surface area contributed by atoms with E-state index in [4.69, 9.17) is 17.3 Å². The molecular weight excluding hydrogens is 498 g/mol. The molecule has 3 heterocycles. The smallest absolute Gasteiger partial charge is 0.250 e. The Hall–Kier alpha value is -3.26. The first-order valence-electron chi connectivity index (χ1n) is 13.3. The van der Waals surface area contributed by atoms with Gasteiger partial charge in [-0.05, 0) is 86.9 Å². The van der Waals surface area contributed by atoms with E-state index in [1.54, 1.807) is 12.1 Å². The predicted molar refractivity (Wildman–Crippen MR) is 150 cm³/mol. The van der Waals surface area contributed by atoms with Gasteiger partial charge in [-0.1, -0.05) is 35.9 Å². The van der Waals surface area contributed by atoms with Crippen LogP contribution >= 0.6 is 11.6 Å². The molecule has 38 heavy (non-hydrogen) atoms. The van der Waals surface area contributed by atoms with Crippen molar-refractivity contribution in [1.82, 2.24) is 20.1 Å². The summed E-state index contributed by atoms with van der Waals surface area (Å²) in [5, 5.41) is 18.5. The van der Waals surface area contributed by atoms with Crippen LogP contribution in [0.15, 0.2) is 48.7 Å². The molecule has 0 bridgehead atoms. The van der Waals surface area contributed by atoms with E-state index in [2.05, 4.69) is 51.3 Å². The number of likely N-dealkylation sites (tertiary alicyclic amines) is 1. The number of carbonyl (C=O) groups is 1. The number of hydrogen-bond donors (Lipinski definition) is 3. The molecule has 1 aliphatic heterocycles. The average Bonchev–Trinajstić information content (AvgIpc) is 3.54. The number of nitrogens with one attached hydrogen (secondary N) is 1. The van der Waals surface area contributed by atoms with Crippen LogP contribution in [0.2, 0.25) is 5.02 Å². The number of aliphatic hydroxyl groups is 1. The van der Waals surface area contributed by atoms with Gasteiger partial charge in [-0.15, -0.1) is 0 Å². The quantitative estimate of drug-likeness (QED) is 0.310. The van der Waals surface area contributed by atoms with Crippen LogP contribution in [0, 0.1) is 0 Å². The second kappa shape index (κ2) is 9.80. The largest absolute Gasteiger partial charge is 0.395 e. The van der Waals surface area contributed by atoms with Crippen LogP contribution in [0.3, 0.4) is 0 Å². The third-order valence-corrected chi connectivity index (χ3v) is 8.93. The lowest BCUT2D eigenvalue weighted by atomic mass is 9.89. The monoisotopic (exact) mass is 529 g/mol. The zero-order chi connectivity index (χ0) is 26.4. The Kier molecular flexibility index (Phi) is 6.46. The van der Waals surface area contributed by atoms with Gasteiger partial charge in [-0.2, -0.15) is 5.10 Å². The van der Waals surface area contributed by atoms with Crippen LogP contribution in [0.25, 0.3) is 33.4 Å². The number of nitrogens with two attached hydrogens (primary N) is 1. The molecule has 2 atom stereocenters. The van der Waals surface area contributed by atoms with Crippen LogP contribution in [0.4, 0.5) is 0 Å². The standard InChI is InChI=1S/C30H32ClN5O2/c1-30(36-12-2-3-23(36)17-37)10-8-18-4-5-19(13-20(18)9-11-30)22-14-25-27(34-35-29(25)33-16-22)21-6-7-24(28(32)38)26(31)15-21/h4-7,13-16,23,37H,2-3,8-12,17H2,1H3,(H2,32,38)(H,33,34,35). The number of benzene rings is 2. The van der Waals surface area contributed by atoms with Gasteiger partial charge in [-0.3, -0.25) is 14.8 Å². The van der Waals surface area contributed by atoms with E-state index in [1.165, 1.54) is 17.5 Å². The molecule has 196 valence electrons. The number of H-pyrrole nitrogens is 1. The van der Waals surface area contributed by atoms with E-state index in [9.17, 15) is 9.90 Å². The van der Waals surface area contributed by atoms with Crippen LogP contribution in [-0.2, 0) is 12.8 Å². The van der Waals surface area contributed by atoms with E-state index < -0.39 is 5.91 Å². The Morgan fingerprint density at radius 2 is 1.92 bits per heavy atom. The number of aliphatic hydroxyl groups excluding tert-OH is 1. The van der Waals surface area contributed by atoms with Gasteiger partial charge in [0.05, 0.1) is 22.9 Å². The highest BCUT2D eigenvalue weighted by molar-refractivity contribution is 6.34. The molecule has 8 heteroatoms. The fourth-order valence-electron chi connectivity index (χ4n) is 6.39. The topological polar surface area (TPSA) is 108 Å². The number of aryl methyl sites for hydroxylation is 2. The van der Waals surface area contributed by atoms with Crippen LogP contribution in [0.5, 0.6) is 0 Å². The van der Waals surface area contributed by atoms with Crippen molar-refractivity contribution in [2.75, 3.05) is 13.2 Å². The number of nitrogens with zero attached hydrogens (tertiary/aromatic N) is 3. The Bertz CT molecular complexity index is 1530. The summed E-state index contributed by atoms with van der Waals surface area (Å²) >= 11 is 6.31. The lowest BCUT2D eigenvalue weighted by Crippen LogP contribution is -2.50. The molecule has 0 radical (unpaired) electrons. The Balaban J connectivity index is 1.30. The molecule has 2 aromatic carbocycles. The first kappa shape index (κ1) is 25.0. The van der Waals surface area contributed by atoms with Crippen LogP contribution in [0.1, 0.15) is 54.1 Å². The molecule has 1 fully saturated rings. The van der Waals surface area contributed by atoms with Crippen molar-refractivity contribution in [3.8, 4) is 22.4 Å². The van der Waals surface area contributed by atoms with Gasteiger partial charge in [-0.25, -0.2) is 4.98 Å². The Labute approximate surface area is 227 Å². The summed E-state index contributed by atoms with van der Waals surface area (Å²) in [6.07, 6.45) is 8.40. The third kappa shape index (κ3) is 4.38. The Morgan fingerprint density at radius 3 is 2.68 bits per heavy atom. The highest BCUT2D eigenvalue weighted by Crippen LogP contribution is 2.38. The molecule has 2 aromatic heterocycles. The molecule has 0 spiro atoms. The number of halogens is 1. The number of amides is 1. The summed E-state index contributed by atoms with van der Waals surface area (Å²) in [5.74, 6) is -0.558. The van der Waals surface area contributed by atoms with Gasteiger partial charge in [0.15, 0.2) is 5.65 Å². The minimum atomic E-state index is -0.558. The third-order valence-electron chi connectivity index (χ3n) is 8.62. The fraction of sp³-hybridized carbons (Fsp3) is 0.367. The molecule has 0 saturated carbocycles. The molecule has 4 aromatic rings. The van der Waals surface area contributed by atoms with E-state index in [-0.39, 0.29) is 17.7 Å². The molecule has 1 aliphatic carbocycles. The van der Waals surface area contributed by atoms with E-state index in [1.807, 2.05) is 12.3 Å². The lowest BCUT2D eigenvalue weighted by Gasteiger charge is -2.42. The summed E-state index contributed by atoms with van der Waals surface area (Å²) in [7, 11) is 0. The van der Waals surface area contributed by atoms with Gasteiger partial charge in [0.1, 0.15) is 0 Å². The van der Waals surface area contributed by atoms with Gasteiger partial charge >= 0.3 is 0 Å². The molecule has 7 nitrogen and oxygen atoms in total. The molecule has 1 amide bonds. The van der Waals surface area contributed by atoms with Crippen molar-refractivity contribution >= 4 is 28.5 Å². The average molecular weight is 530 g/mol. The van der Waals surface area contributed by atoms with Crippen molar-refractivity contribution in [2.24, 2.45) is 5.73 Å². The summed E-state index contributed by atoms with van der Waals surface area (Å²) in [6.45, 7) is 3.71. The number of pyridine rings is 1. The highest BCUT2D eigenvalue weighted by atomic mass is 35.5. The first-order chi connectivity index (χ1) is 18.4. The van der Waals surface area contributed by atoms with Crippen LogP contribution < -0.4 is 5.73 Å². The van der Waals surface area contributed by atoms with Gasteiger partial charge in [0, 0.05) is 34.3 Å². The minimum absolute atomic E-state index is 0.112. The summed E-state index contributed by atoms with van der Waals surface area (Å²) in [4.78, 5) is 18.8.